The van der Waals surface area contributed by atoms with Crippen LogP contribution in [0.25, 0.3) is 0 Å². The molecule has 1 aromatic carbocycles. The van der Waals surface area contributed by atoms with E-state index in [0.29, 0.717) is 7.14 Å². The first-order valence-electron chi connectivity index (χ1n) is 6.17. The van der Waals surface area contributed by atoms with Gasteiger partial charge in [0.1, 0.15) is 12.2 Å². The standard InChI is InChI=1S/C12H9F2I3O7S/c13-12(14)8(4-25(20,21)22)23-9(18)3-10(19)24-11-6(16)1-5(15)2-7(11)17/h1-2,8,12H,3-4H2,(H,20,21,22). The van der Waals surface area contributed by atoms with E-state index >= 15 is 0 Å². The second kappa shape index (κ2) is 9.88. The number of hydrogen-bond donors (Lipinski definition) is 1. The van der Waals surface area contributed by atoms with Gasteiger partial charge in [0.15, 0.2) is 11.9 Å². The SMILES string of the molecule is O=C(CC(=O)OC(CS(=O)(=O)O)C(F)F)Oc1c(I)cc(I)cc1I. The minimum absolute atomic E-state index is 0.211. The predicted octanol–water partition coefficient (Wildman–Crippen LogP) is 2.86. The van der Waals surface area contributed by atoms with Gasteiger partial charge in [0, 0.05) is 3.57 Å². The topological polar surface area (TPSA) is 107 Å². The molecule has 0 saturated heterocycles. The van der Waals surface area contributed by atoms with Gasteiger partial charge in [-0.05, 0) is 79.9 Å². The maximum absolute atomic E-state index is 12.6. The number of hydrogen-bond acceptors (Lipinski definition) is 6. The molecule has 0 bridgehead atoms. The molecule has 140 valence electrons. The van der Waals surface area contributed by atoms with E-state index in [2.05, 4.69) is 27.3 Å². The summed E-state index contributed by atoms with van der Waals surface area (Å²) in [5.41, 5.74) is 0. The molecule has 0 spiro atoms. The van der Waals surface area contributed by atoms with Crippen LogP contribution in [-0.2, 0) is 24.4 Å². The van der Waals surface area contributed by atoms with E-state index in [9.17, 15) is 26.8 Å². The first-order valence-corrected chi connectivity index (χ1v) is 11.0. The molecule has 13 heteroatoms. The van der Waals surface area contributed by atoms with Gasteiger partial charge >= 0.3 is 11.9 Å². The first kappa shape index (κ1) is 23.2. The van der Waals surface area contributed by atoms with Crippen molar-refractivity contribution in [3.63, 3.8) is 0 Å². The molecule has 0 saturated carbocycles. The van der Waals surface area contributed by atoms with Crippen molar-refractivity contribution in [2.24, 2.45) is 0 Å². The molecular formula is C12H9F2I3O7S. The second-order valence-corrected chi connectivity index (χ2v) is 9.53. The van der Waals surface area contributed by atoms with Gasteiger partial charge in [-0.3, -0.25) is 14.1 Å². The van der Waals surface area contributed by atoms with E-state index in [1.54, 1.807) is 12.1 Å². The Kier molecular flexibility index (Phi) is 9.15. The minimum atomic E-state index is -4.78. The lowest BCUT2D eigenvalue weighted by Gasteiger charge is -2.15. The van der Waals surface area contributed by atoms with Gasteiger partial charge in [0.05, 0.1) is 7.14 Å². The van der Waals surface area contributed by atoms with Gasteiger partial charge in [-0.2, -0.15) is 8.42 Å². The molecule has 1 N–H and O–H groups in total. The Morgan fingerprint density at radius 3 is 2.08 bits per heavy atom. The van der Waals surface area contributed by atoms with E-state index in [-0.39, 0.29) is 5.75 Å². The zero-order chi connectivity index (χ0) is 19.4. The highest BCUT2D eigenvalue weighted by atomic mass is 127. The van der Waals surface area contributed by atoms with Crippen molar-refractivity contribution in [2.45, 2.75) is 19.0 Å². The Balaban J connectivity index is 2.72. The zero-order valence-corrected chi connectivity index (χ0v) is 19.2. The minimum Gasteiger partial charge on any atom is -0.455 e. The number of carbonyl (C=O) groups is 2. The molecule has 1 atom stereocenters. The molecule has 0 amide bonds. The van der Waals surface area contributed by atoms with Gasteiger partial charge in [-0.1, -0.05) is 0 Å². The average Bonchev–Trinajstić information content (AvgIpc) is 2.40. The van der Waals surface area contributed by atoms with Gasteiger partial charge in [-0.25, -0.2) is 8.78 Å². The highest BCUT2D eigenvalue weighted by molar-refractivity contribution is 14.1. The maximum atomic E-state index is 12.6. The molecule has 0 aliphatic heterocycles. The van der Waals surface area contributed by atoms with Crippen LogP contribution in [0.2, 0.25) is 0 Å². The summed E-state index contributed by atoms with van der Waals surface area (Å²) in [5, 5.41) is 0. The van der Waals surface area contributed by atoms with Crippen molar-refractivity contribution >= 4 is 89.8 Å². The van der Waals surface area contributed by atoms with Gasteiger partial charge < -0.3 is 9.47 Å². The fraction of sp³-hybridized carbons (Fsp3) is 0.333. The van der Waals surface area contributed by atoms with Crippen LogP contribution in [0.5, 0.6) is 5.75 Å². The van der Waals surface area contributed by atoms with Crippen molar-refractivity contribution in [3.8, 4) is 5.75 Å². The number of carbonyl (C=O) groups excluding carboxylic acids is 2. The van der Waals surface area contributed by atoms with Crippen LogP contribution in [0.15, 0.2) is 12.1 Å². The van der Waals surface area contributed by atoms with Crippen LogP contribution < -0.4 is 4.74 Å². The Morgan fingerprint density at radius 2 is 1.64 bits per heavy atom. The molecule has 25 heavy (non-hydrogen) atoms. The molecule has 1 unspecified atom stereocenters. The average molecular weight is 716 g/mol. The summed E-state index contributed by atoms with van der Waals surface area (Å²) in [6.07, 6.45) is -6.72. The lowest BCUT2D eigenvalue weighted by atomic mass is 10.3. The highest BCUT2D eigenvalue weighted by Crippen LogP contribution is 2.29. The van der Waals surface area contributed by atoms with Gasteiger partial charge in [0.25, 0.3) is 16.5 Å². The van der Waals surface area contributed by atoms with Crippen molar-refractivity contribution in [1.82, 2.24) is 0 Å². The van der Waals surface area contributed by atoms with Gasteiger partial charge in [-0.15, -0.1) is 0 Å². The maximum Gasteiger partial charge on any atom is 0.322 e. The molecule has 0 heterocycles. The van der Waals surface area contributed by atoms with Gasteiger partial charge in [0.2, 0.25) is 0 Å². The number of ether oxygens (including phenoxy) is 2. The molecule has 1 aromatic rings. The van der Waals surface area contributed by atoms with Crippen molar-refractivity contribution < 1.29 is 40.8 Å². The molecular weight excluding hydrogens is 707 g/mol. The third kappa shape index (κ3) is 8.57. The van der Waals surface area contributed by atoms with Crippen LogP contribution in [0.3, 0.4) is 0 Å². The summed E-state index contributed by atoms with van der Waals surface area (Å²) >= 11 is 5.92. The van der Waals surface area contributed by atoms with E-state index < -0.39 is 46.8 Å². The Morgan fingerprint density at radius 1 is 1.12 bits per heavy atom. The molecule has 7 nitrogen and oxygen atoms in total. The van der Waals surface area contributed by atoms with Crippen molar-refractivity contribution in [1.29, 1.82) is 0 Å². The fourth-order valence-corrected chi connectivity index (χ4v) is 5.90. The predicted molar refractivity (Wildman–Crippen MR) is 107 cm³/mol. The van der Waals surface area contributed by atoms with Crippen LogP contribution >= 0.6 is 67.8 Å². The summed E-state index contributed by atoms with van der Waals surface area (Å²) in [4.78, 5) is 23.3. The summed E-state index contributed by atoms with van der Waals surface area (Å²) in [5.74, 6) is -3.71. The molecule has 0 fully saturated rings. The van der Waals surface area contributed by atoms with Crippen LogP contribution in [-0.4, -0.2) is 43.2 Å². The van der Waals surface area contributed by atoms with Crippen LogP contribution in [0, 0.1) is 10.7 Å². The number of halogens is 5. The van der Waals surface area contributed by atoms with E-state index in [1.807, 2.05) is 45.2 Å². The fourth-order valence-electron chi connectivity index (χ4n) is 1.47. The zero-order valence-electron chi connectivity index (χ0n) is 11.9. The lowest BCUT2D eigenvalue weighted by Crippen LogP contribution is -2.33. The number of rotatable bonds is 7. The van der Waals surface area contributed by atoms with E-state index in [0.717, 1.165) is 3.57 Å². The summed E-state index contributed by atoms with van der Waals surface area (Å²) in [6.45, 7) is 0. The molecule has 0 aliphatic carbocycles. The third-order valence-electron chi connectivity index (χ3n) is 2.41. The van der Waals surface area contributed by atoms with Crippen molar-refractivity contribution in [2.75, 3.05) is 5.75 Å². The van der Waals surface area contributed by atoms with Crippen LogP contribution in [0.1, 0.15) is 6.42 Å². The second-order valence-electron chi connectivity index (χ2n) is 4.46. The normalized spacial score (nSPS) is 12.8. The number of benzene rings is 1. The van der Waals surface area contributed by atoms with E-state index in [4.69, 9.17) is 9.29 Å². The largest absolute Gasteiger partial charge is 0.455 e. The number of alkyl halides is 2. The molecule has 1 rings (SSSR count). The first-order chi connectivity index (χ1) is 11.4. The Labute approximate surface area is 182 Å². The monoisotopic (exact) mass is 716 g/mol. The smallest absolute Gasteiger partial charge is 0.322 e. The quantitative estimate of drug-likeness (QED) is 0.152. The van der Waals surface area contributed by atoms with Crippen molar-refractivity contribution in [3.05, 3.63) is 22.8 Å². The number of esters is 2. The molecule has 0 aliphatic rings. The highest BCUT2D eigenvalue weighted by Gasteiger charge is 2.30. The van der Waals surface area contributed by atoms with E-state index in [1.165, 1.54) is 0 Å². The third-order valence-corrected chi connectivity index (χ3v) is 5.38. The summed E-state index contributed by atoms with van der Waals surface area (Å²) in [7, 11) is -4.78. The lowest BCUT2D eigenvalue weighted by molar-refractivity contribution is -0.159. The molecule has 0 radical (unpaired) electrons. The molecule has 0 aromatic heterocycles. The van der Waals surface area contributed by atoms with Crippen LogP contribution in [0.4, 0.5) is 8.78 Å². The Hall–Kier alpha value is 0.120. The Bertz CT molecular complexity index is 747. The summed E-state index contributed by atoms with van der Waals surface area (Å²) < 4.78 is 66.5. The summed E-state index contributed by atoms with van der Waals surface area (Å²) in [6, 6.07) is 3.45.